The minimum atomic E-state index is -0.564. The van der Waals surface area contributed by atoms with Crippen LogP contribution < -0.4 is 4.74 Å². The van der Waals surface area contributed by atoms with E-state index in [1.54, 1.807) is 0 Å². The van der Waals surface area contributed by atoms with Crippen LogP contribution >= 0.6 is 11.6 Å². The Labute approximate surface area is 113 Å². The molecular formula is C14H9ClF2O2. The molecule has 0 fully saturated rings. The van der Waals surface area contributed by atoms with E-state index in [4.69, 9.17) is 16.3 Å². The summed E-state index contributed by atoms with van der Waals surface area (Å²) in [5.74, 6) is -1.16. The zero-order valence-electron chi connectivity index (χ0n) is 9.70. The van der Waals surface area contributed by atoms with Gasteiger partial charge in [0.1, 0.15) is 17.4 Å². The van der Waals surface area contributed by atoms with Gasteiger partial charge in [0, 0.05) is 11.6 Å². The molecule has 0 spiro atoms. The SMILES string of the molecule is O=C(COc1ccc(F)c(Cl)c1)c1cccc(F)c1. The summed E-state index contributed by atoms with van der Waals surface area (Å²) in [6, 6.07) is 9.09. The molecule has 0 saturated carbocycles. The predicted octanol–water partition coefficient (Wildman–Crippen LogP) is 3.88. The Morgan fingerprint density at radius 1 is 1.16 bits per heavy atom. The normalized spacial score (nSPS) is 10.3. The molecule has 0 N–H and O–H groups in total. The summed E-state index contributed by atoms with van der Waals surface area (Å²) in [7, 11) is 0. The van der Waals surface area contributed by atoms with Gasteiger partial charge in [-0.3, -0.25) is 4.79 Å². The largest absolute Gasteiger partial charge is 0.485 e. The third-order valence-corrected chi connectivity index (χ3v) is 2.70. The summed E-state index contributed by atoms with van der Waals surface area (Å²) < 4.78 is 31.0. The van der Waals surface area contributed by atoms with Crippen LogP contribution in [0.3, 0.4) is 0 Å². The summed E-state index contributed by atoms with van der Waals surface area (Å²) in [6.07, 6.45) is 0. The lowest BCUT2D eigenvalue weighted by Crippen LogP contribution is -2.11. The smallest absolute Gasteiger partial charge is 0.200 e. The van der Waals surface area contributed by atoms with Crippen molar-refractivity contribution >= 4 is 17.4 Å². The van der Waals surface area contributed by atoms with Crippen LogP contribution in [0.4, 0.5) is 8.78 Å². The Morgan fingerprint density at radius 3 is 2.63 bits per heavy atom. The number of carbonyl (C=O) groups is 1. The molecule has 0 amide bonds. The fraction of sp³-hybridized carbons (Fsp3) is 0.0714. The van der Waals surface area contributed by atoms with Gasteiger partial charge in [0.2, 0.25) is 0 Å². The lowest BCUT2D eigenvalue weighted by atomic mass is 10.1. The van der Waals surface area contributed by atoms with Crippen LogP contribution in [0.2, 0.25) is 5.02 Å². The molecule has 98 valence electrons. The lowest BCUT2D eigenvalue weighted by Gasteiger charge is -2.06. The number of rotatable bonds is 4. The number of hydrogen-bond donors (Lipinski definition) is 0. The van der Waals surface area contributed by atoms with Crippen LogP contribution in [0.15, 0.2) is 42.5 Å². The van der Waals surface area contributed by atoms with Gasteiger partial charge in [0.05, 0.1) is 5.02 Å². The molecule has 19 heavy (non-hydrogen) atoms. The quantitative estimate of drug-likeness (QED) is 0.796. The third kappa shape index (κ3) is 3.51. The molecule has 0 aromatic heterocycles. The second-order valence-corrected chi connectivity index (χ2v) is 4.21. The first-order valence-electron chi connectivity index (χ1n) is 5.43. The molecule has 2 aromatic carbocycles. The van der Waals surface area contributed by atoms with E-state index in [9.17, 15) is 13.6 Å². The molecule has 2 rings (SSSR count). The minimum Gasteiger partial charge on any atom is -0.485 e. The number of hydrogen-bond acceptors (Lipinski definition) is 2. The zero-order valence-corrected chi connectivity index (χ0v) is 10.5. The van der Waals surface area contributed by atoms with Crippen molar-refractivity contribution in [2.24, 2.45) is 0 Å². The molecule has 0 radical (unpaired) electrons. The van der Waals surface area contributed by atoms with Crippen molar-refractivity contribution < 1.29 is 18.3 Å². The van der Waals surface area contributed by atoms with E-state index in [0.717, 1.165) is 12.1 Å². The van der Waals surface area contributed by atoms with Crippen LogP contribution in [0, 0.1) is 11.6 Å². The average Bonchev–Trinajstić information content (AvgIpc) is 2.40. The highest BCUT2D eigenvalue weighted by atomic mass is 35.5. The first-order chi connectivity index (χ1) is 9.06. The van der Waals surface area contributed by atoms with E-state index in [0.29, 0.717) is 0 Å². The summed E-state index contributed by atoms with van der Waals surface area (Å²) in [6.45, 7) is -0.272. The maximum atomic E-state index is 12.9. The van der Waals surface area contributed by atoms with E-state index in [1.807, 2.05) is 0 Å². The van der Waals surface area contributed by atoms with Crippen LogP contribution in [-0.4, -0.2) is 12.4 Å². The molecule has 0 atom stereocenters. The third-order valence-electron chi connectivity index (χ3n) is 2.41. The Bertz CT molecular complexity index is 614. The van der Waals surface area contributed by atoms with Gasteiger partial charge >= 0.3 is 0 Å². The van der Waals surface area contributed by atoms with E-state index in [1.165, 1.54) is 30.3 Å². The first kappa shape index (κ1) is 13.5. The Hall–Kier alpha value is -1.94. The van der Waals surface area contributed by atoms with Crippen molar-refractivity contribution in [1.29, 1.82) is 0 Å². The highest BCUT2D eigenvalue weighted by molar-refractivity contribution is 6.30. The van der Waals surface area contributed by atoms with E-state index < -0.39 is 11.6 Å². The molecule has 0 unspecified atom stereocenters. The Balaban J connectivity index is 2.02. The Morgan fingerprint density at radius 2 is 1.95 bits per heavy atom. The van der Waals surface area contributed by atoms with Crippen molar-refractivity contribution in [1.82, 2.24) is 0 Å². The zero-order chi connectivity index (χ0) is 13.8. The van der Waals surface area contributed by atoms with Gasteiger partial charge < -0.3 is 4.74 Å². The van der Waals surface area contributed by atoms with Crippen molar-refractivity contribution in [2.45, 2.75) is 0 Å². The van der Waals surface area contributed by atoms with Crippen LogP contribution in [0.25, 0.3) is 0 Å². The summed E-state index contributed by atoms with van der Waals surface area (Å²) in [4.78, 5) is 11.7. The van der Waals surface area contributed by atoms with Crippen LogP contribution in [-0.2, 0) is 0 Å². The van der Waals surface area contributed by atoms with Crippen LogP contribution in [0.1, 0.15) is 10.4 Å². The molecule has 0 bridgehead atoms. The van der Waals surface area contributed by atoms with Gasteiger partial charge in [-0.25, -0.2) is 8.78 Å². The first-order valence-corrected chi connectivity index (χ1v) is 5.80. The lowest BCUT2D eigenvalue weighted by molar-refractivity contribution is 0.0921. The number of ketones is 1. The fourth-order valence-corrected chi connectivity index (χ4v) is 1.63. The number of halogens is 3. The van der Waals surface area contributed by atoms with Gasteiger partial charge in [-0.2, -0.15) is 0 Å². The topological polar surface area (TPSA) is 26.3 Å². The molecule has 0 aliphatic carbocycles. The molecule has 2 aromatic rings. The second-order valence-electron chi connectivity index (χ2n) is 3.80. The maximum absolute atomic E-state index is 12.9. The predicted molar refractivity (Wildman–Crippen MR) is 67.6 cm³/mol. The number of Topliss-reactive ketones (excluding diaryl/α,β-unsaturated/α-hetero) is 1. The molecule has 2 nitrogen and oxygen atoms in total. The highest BCUT2D eigenvalue weighted by Crippen LogP contribution is 2.21. The van der Waals surface area contributed by atoms with Crippen molar-refractivity contribution in [3.63, 3.8) is 0 Å². The molecule has 5 heteroatoms. The summed E-state index contributed by atoms with van der Waals surface area (Å²) >= 11 is 5.58. The van der Waals surface area contributed by atoms with Gasteiger partial charge in [0.25, 0.3) is 0 Å². The summed E-state index contributed by atoms with van der Waals surface area (Å²) in [5.41, 5.74) is 0.216. The number of benzene rings is 2. The van der Waals surface area contributed by atoms with Crippen LogP contribution in [0.5, 0.6) is 5.75 Å². The van der Waals surface area contributed by atoms with Gasteiger partial charge in [-0.1, -0.05) is 23.7 Å². The standard InChI is InChI=1S/C14H9ClF2O2/c15-12-7-11(4-5-13(12)17)19-8-14(18)9-2-1-3-10(16)6-9/h1-7H,8H2. The number of ether oxygens (including phenoxy) is 1. The Kier molecular flexibility index (Phi) is 4.12. The van der Waals surface area contributed by atoms with E-state index in [-0.39, 0.29) is 28.7 Å². The van der Waals surface area contributed by atoms with E-state index in [2.05, 4.69) is 0 Å². The molecule has 0 heterocycles. The highest BCUT2D eigenvalue weighted by Gasteiger charge is 2.08. The monoisotopic (exact) mass is 282 g/mol. The van der Waals surface area contributed by atoms with Gasteiger partial charge in [-0.15, -0.1) is 0 Å². The molecule has 0 aliphatic rings. The molecule has 0 aliphatic heterocycles. The average molecular weight is 283 g/mol. The molecule has 0 saturated heterocycles. The van der Waals surface area contributed by atoms with Gasteiger partial charge in [-0.05, 0) is 24.3 Å². The van der Waals surface area contributed by atoms with Gasteiger partial charge in [0.15, 0.2) is 12.4 Å². The van der Waals surface area contributed by atoms with Crippen molar-refractivity contribution in [3.05, 3.63) is 64.7 Å². The maximum Gasteiger partial charge on any atom is 0.200 e. The van der Waals surface area contributed by atoms with E-state index >= 15 is 0 Å². The minimum absolute atomic E-state index is 0.0873. The fourth-order valence-electron chi connectivity index (χ4n) is 1.46. The second kappa shape index (κ2) is 5.80. The molecular weight excluding hydrogens is 274 g/mol. The number of carbonyl (C=O) groups excluding carboxylic acids is 1. The summed E-state index contributed by atoms with van der Waals surface area (Å²) in [5, 5.41) is -0.0873. The van der Waals surface area contributed by atoms with Crippen molar-refractivity contribution in [2.75, 3.05) is 6.61 Å². The van der Waals surface area contributed by atoms with Crippen molar-refractivity contribution in [3.8, 4) is 5.75 Å².